The van der Waals surface area contributed by atoms with Gasteiger partial charge in [0, 0.05) is 18.5 Å². The summed E-state index contributed by atoms with van der Waals surface area (Å²) in [5.74, 6) is 0.564. The molecule has 2 aliphatic rings. The molecule has 6 heteroatoms. The molecule has 1 aliphatic heterocycles. The second kappa shape index (κ2) is 5.07. The van der Waals surface area contributed by atoms with Crippen molar-refractivity contribution in [2.45, 2.75) is 57.5 Å². The van der Waals surface area contributed by atoms with Crippen LogP contribution in [-0.2, 0) is 4.79 Å². The fraction of sp³-hybridized carbons (Fsp3) is 0.769. The third kappa shape index (κ3) is 2.73. The number of nitrogens with one attached hydrogen (secondary N) is 1. The number of nitrogens with zero attached hydrogens (tertiary/aromatic N) is 3. The molecule has 0 spiro atoms. The lowest BCUT2D eigenvalue weighted by atomic mass is 10.2. The molecule has 2 heterocycles. The van der Waals surface area contributed by atoms with Gasteiger partial charge in [-0.05, 0) is 25.7 Å². The molecule has 1 aromatic heterocycles. The topological polar surface area (TPSA) is 58.1 Å². The highest BCUT2D eigenvalue weighted by Gasteiger charge is 2.35. The highest BCUT2D eigenvalue weighted by molar-refractivity contribution is 7.15. The molecule has 1 saturated carbocycles. The van der Waals surface area contributed by atoms with Crippen molar-refractivity contribution in [3.8, 4) is 0 Å². The van der Waals surface area contributed by atoms with E-state index in [4.69, 9.17) is 0 Å². The van der Waals surface area contributed by atoms with Gasteiger partial charge in [-0.3, -0.25) is 4.79 Å². The van der Waals surface area contributed by atoms with Gasteiger partial charge in [0.25, 0.3) is 0 Å². The van der Waals surface area contributed by atoms with Crippen LogP contribution < -0.4 is 10.2 Å². The van der Waals surface area contributed by atoms with Crippen LogP contribution in [0.5, 0.6) is 0 Å². The Labute approximate surface area is 117 Å². The first-order valence-electron chi connectivity index (χ1n) is 7.05. The summed E-state index contributed by atoms with van der Waals surface area (Å²) in [4.78, 5) is 14.4. The van der Waals surface area contributed by atoms with Crippen molar-refractivity contribution in [2.24, 2.45) is 0 Å². The van der Waals surface area contributed by atoms with Crippen molar-refractivity contribution in [2.75, 3.05) is 11.4 Å². The molecule has 0 aromatic carbocycles. The van der Waals surface area contributed by atoms with Crippen LogP contribution in [0.4, 0.5) is 5.13 Å². The zero-order chi connectivity index (χ0) is 13.4. The van der Waals surface area contributed by atoms with Crippen LogP contribution in [0.25, 0.3) is 0 Å². The summed E-state index contributed by atoms with van der Waals surface area (Å²) in [7, 11) is 0. The van der Waals surface area contributed by atoms with Gasteiger partial charge in [0.05, 0.1) is 0 Å². The van der Waals surface area contributed by atoms with Crippen LogP contribution >= 0.6 is 11.3 Å². The van der Waals surface area contributed by atoms with Gasteiger partial charge in [-0.25, -0.2) is 0 Å². The monoisotopic (exact) mass is 280 g/mol. The molecule has 3 rings (SSSR count). The number of aromatic nitrogens is 2. The lowest BCUT2D eigenvalue weighted by Gasteiger charge is -2.22. The smallest absolute Gasteiger partial charge is 0.243 e. The molecule has 1 atom stereocenters. The minimum Gasteiger partial charge on any atom is -0.352 e. The van der Waals surface area contributed by atoms with E-state index < -0.39 is 0 Å². The second-order valence-corrected chi connectivity index (χ2v) is 6.70. The Morgan fingerprint density at radius 3 is 2.79 bits per heavy atom. The summed E-state index contributed by atoms with van der Waals surface area (Å²) in [6.45, 7) is 5.15. The van der Waals surface area contributed by atoms with Crippen molar-refractivity contribution < 1.29 is 4.79 Å². The van der Waals surface area contributed by atoms with Gasteiger partial charge in [0.1, 0.15) is 11.0 Å². The molecule has 2 fully saturated rings. The maximum absolute atomic E-state index is 12.2. The van der Waals surface area contributed by atoms with E-state index in [1.54, 1.807) is 11.3 Å². The van der Waals surface area contributed by atoms with Gasteiger partial charge in [0.2, 0.25) is 11.0 Å². The van der Waals surface area contributed by atoms with E-state index in [9.17, 15) is 4.79 Å². The first kappa shape index (κ1) is 12.8. The van der Waals surface area contributed by atoms with Crippen LogP contribution in [-0.4, -0.2) is 34.7 Å². The number of amides is 1. The maximum atomic E-state index is 12.2. The zero-order valence-corrected chi connectivity index (χ0v) is 12.2. The molecule has 1 aliphatic carbocycles. The number of hydrogen-bond donors (Lipinski definition) is 1. The van der Waals surface area contributed by atoms with Gasteiger partial charge < -0.3 is 10.2 Å². The Bertz CT molecular complexity index is 469. The number of hydrogen-bond acceptors (Lipinski definition) is 5. The highest BCUT2D eigenvalue weighted by atomic mass is 32.1. The van der Waals surface area contributed by atoms with Gasteiger partial charge in [-0.2, -0.15) is 0 Å². The molecular formula is C13H20N4OS. The standard InChI is InChI=1S/C13H20N4OS/c1-8(2)12-15-16-13(19-12)17-7-3-4-10(17)11(18)14-9-5-6-9/h8-10H,3-7H2,1-2H3,(H,14,18)/t10-/m0/s1. The maximum Gasteiger partial charge on any atom is 0.243 e. The molecule has 0 bridgehead atoms. The quantitative estimate of drug-likeness (QED) is 0.915. The van der Waals surface area contributed by atoms with E-state index in [0.29, 0.717) is 12.0 Å². The van der Waals surface area contributed by atoms with E-state index in [-0.39, 0.29) is 11.9 Å². The van der Waals surface area contributed by atoms with Crippen LogP contribution in [0.2, 0.25) is 0 Å². The molecule has 0 unspecified atom stereocenters. The number of carbonyl (C=O) groups is 1. The largest absolute Gasteiger partial charge is 0.352 e. The third-order valence-electron chi connectivity index (χ3n) is 3.65. The number of rotatable bonds is 4. The Morgan fingerprint density at radius 1 is 1.37 bits per heavy atom. The molecule has 19 heavy (non-hydrogen) atoms. The Morgan fingerprint density at radius 2 is 2.16 bits per heavy atom. The summed E-state index contributed by atoms with van der Waals surface area (Å²) < 4.78 is 0. The fourth-order valence-corrected chi connectivity index (χ4v) is 3.29. The van der Waals surface area contributed by atoms with Crippen molar-refractivity contribution in [3.05, 3.63) is 5.01 Å². The first-order chi connectivity index (χ1) is 9.15. The Balaban J connectivity index is 1.72. The van der Waals surface area contributed by atoms with E-state index in [1.807, 2.05) is 0 Å². The molecule has 0 radical (unpaired) electrons. The van der Waals surface area contributed by atoms with Crippen LogP contribution in [0.1, 0.15) is 50.5 Å². The van der Waals surface area contributed by atoms with Crippen LogP contribution in [0, 0.1) is 0 Å². The molecule has 1 N–H and O–H groups in total. The van der Waals surface area contributed by atoms with Crippen molar-refractivity contribution >= 4 is 22.4 Å². The van der Waals surface area contributed by atoms with Gasteiger partial charge in [0.15, 0.2) is 0 Å². The molecule has 1 saturated heterocycles. The average Bonchev–Trinajstić information content (AvgIpc) is 2.92. The Hall–Kier alpha value is -1.17. The highest BCUT2D eigenvalue weighted by Crippen LogP contribution is 2.31. The van der Waals surface area contributed by atoms with Crippen LogP contribution in [0.3, 0.4) is 0 Å². The van der Waals surface area contributed by atoms with Crippen LogP contribution in [0.15, 0.2) is 0 Å². The normalized spacial score (nSPS) is 23.1. The lowest BCUT2D eigenvalue weighted by molar-refractivity contribution is -0.122. The number of anilines is 1. The van der Waals surface area contributed by atoms with E-state index in [1.165, 1.54) is 0 Å². The van der Waals surface area contributed by atoms with Gasteiger partial charge in [-0.15, -0.1) is 10.2 Å². The fourth-order valence-electron chi connectivity index (χ4n) is 2.37. The summed E-state index contributed by atoms with van der Waals surface area (Å²) in [6, 6.07) is 0.379. The molecule has 1 aromatic rings. The van der Waals surface area contributed by atoms with Gasteiger partial charge >= 0.3 is 0 Å². The summed E-state index contributed by atoms with van der Waals surface area (Å²) in [5.41, 5.74) is 0. The van der Waals surface area contributed by atoms with E-state index in [0.717, 1.165) is 42.4 Å². The molecule has 1 amide bonds. The first-order valence-corrected chi connectivity index (χ1v) is 7.87. The predicted molar refractivity (Wildman–Crippen MR) is 75.5 cm³/mol. The minimum absolute atomic E-state index is 0.0476. The lowest BCUT2D eigenvalue weighted by Crippen LogP contribution is -2.44. The predicted octanol–water partition coefficient (Wildman–Crippen LogP) is 1.91. The Kier molecular flexibility index (Phi) is 3.43. The molecule has 5 nitrogen and oxygen atoms in total. The number of carbonyl (C=O) groups excluding carboxylic acids is 1. The molecular weight excluding hydrogens is 260 g/mol. The van der Waals surface area contributed by atoms with E-state index in [2.05, 4.69) is 34.3 Å². The second-order valence-electron chi connectivity index (χ2n) is 5.71. The van der Waals surface area contributed by atoms with Crippen molar-refractivity contribution in [1.29, 1.82) is 0 Å². The third-order valence-corrected chi connectivity index (χ3v) is 4.91. The molecule has 104 valence electrons. The van der Waals surface area contributed by atoms with E-state index >= 15 is 0 Å². The van der Waals surface area contributed by atoms with Gasteiger partial charge in [-0.1, -0.05) is 25.2 Å². The van der Waals surface area contributed by atoms with Crippen molar-refractivity contribution in [1.82, 2.24) is 15.5 Å². The summed E-state index contributed by atoms with van der Waals surface area (Å²) in [6.07, 6.45) is 4.25. The average molecular weight is 280 g/mol. The summed E-state index contributed by atoms with van der Waals surface area (Å²) in [5, 5.41) is 13.5. The van der Waals surface area contributed by atoms with Crippen molar-refractivity contribution in [3.63, 3.8) is 0 Å². The minimum atomic E-state index is -0.0476. The summed E-state index contributed by atoms with van der Waals surface area (Å²) >= 11 is 1.62. The SMILES string of the molecule is CC(C)c1nnc(N2CCC[C@H]2C(=O)NC2CC2)s1. The zero-order valence-electron chi connectivity index (χ0n) is 11.4.